The molecule has 5 rings (SSSR count). The Morgan fingerprint density at radius 3 is 2.66 bits per heavy atom. The third-order valence-corrected chi connectivity index (χ3v) is 7.70. The van der Waals surface area contributed by atoms with Gasteiger partial charge >= 0.3 is 5.97 Å². The van der Waals surface area contributed by atoms with Gasteiger partial charge in [-0.25, -0.2) is 0 Å². The molecule has 1 heterocycles. The molecule has 6 heteroatoms. The number of aryl methyl sites for hydroxylation is 1. The number of hydrogen-bond acceptors (Lipinski definition) is 4. The van der Waals surface area contributed by atoms with Gasteiger partial charge in [-0.15, -0.1) is 0 Å². The number of fused-ring (bicyclic) bond motifs is 3. The van der Waals surface area contributed by atoms with Crippen LogP contribution in [-0.4, -0.2) is 34.3 Å². The van der Waals surface area contributed by atoms with E-state index in [9.17, 15) is 9.59 Å². The first kappa shape index (κ1) is 21.2. The molecular weight excluding hydrogens is 402 g/mol. The topological polar surface area (TPSA) is 73.2 Å². The van der Waals surface area contributed by atoms with Crippen LogP contribution in [0.2, 0.25) is 0 Å². The first-order valence-corrected chi connectivity index (χ1v) is 12.2. The molecule has 1 aromatic carbocycles. The Kier molecular flexibility index (Phi) is 5.78. The van der Waals surface area contributed by atoms with Gasteiger partial charge in [-0.3, -0.25) is 14.3 Å². The summed E-state index contributed by atoms with van der Waals surface area (Å²) in [6.45, 7) is 4.98. The van der Waals surface area contributed by atoms with Gasteiger partial charge < -0.3 is 10.1 Å². The second-order valence-corrected chi connectivity index (χ2v) is 9.73. The number of esters is 1. The molecule has 6 nitrogen and oxygen atoms in total. The fourth-order valence-electron chi connectivity index (χ4n) is 6.15. The van der Waals surface area contributed by atoms with E-state index < -0.39 is 0 Å². The number of benzene rings is 1. The molecule has 2 saturated carbocycles. The van der Waals surface area contributed by atoms with Gasteiger partial charge in [0, 0.05) is 17.3 Å². The van der Waals surface area contributed by atoms with Crippen molar-refractivity contribution in [2.45, 2.75) is 71.4 Å². The summed E-state index contributed by atoms with van der Waals surface area (Å²) >= 11 is 0. The van der Waals surface area contributed by atoms with Crippen molar-refractivity contribution in [3.05, 3.63) is 52.3 Å². The van der Waals surface area contributed by atoms with Crippen LogP contribution in [0.3, 0.4) is 0 Å². The molecule has 3 aliphatic rings. The van der Waals surface area contributed by atoms with Crippen LogP contribution in [0.5, 0.6) is 0 Å². The lowest BCUT2D eigenvalue weighted by Gasteiger charge is -2.30. The van der Waals surface area contributed by atoms with Crippen LogP contribution >= 0.6 is 0 Å². The highest BCUT2D eigenvalue weighted by molar-refractivity contribution is 5.94. The van der Waals surface area contributed by atoms with E-state index >= 15 is 0 Å². The minimum absolute atomic E-state index is 0.127. The molecular formula is C26H33N3O3. The van der Waals surface area contributed by atoms with Gasteiger partial charge in [0.05, 0.1) is 19.1 Å². The van der Waals surface area contributed by atoms with Crippen molar-refractivity contribution in [1.29, 1.82) is 0 Å². The van der Waals surface area contributed by atoms with Gasteiger partial charge in [0.15, 0.2) is 5.69 Å². The van der Waals surface area contributed by atoms with Crippen molar-refractivity contribution in [1.82, 2.24) is 15.1 Å². The zero-order valence-electron chi connectivity index (χ0n) is 19.1. The van der Waals surface area contributed by atoms with E-state index in [2.05, 4.69) is 36.5 Å². The highest BCUT2D eigenvalue weighted by Gasteiger charge is 2.52. The smallest absolute Gasteiger partial charge is 0.311 e. The summed E-state index contributed by atoms with van der Waals surface area (Å²) in [5.74, 6) is 0.193. The van der Waals surface area contributed by atoms with Gasteiger partial charge in [0.1, 0.15) is 0 Å². The number of aromatic nitrogens is 2. The number of nitrogens with one attached hydrogen (secondary N) is 1. The minimum atomic E-state index is -0.219. The van der Waals surface area contributed by atoms with Gasteiger partial charge in [-0.2, -0.15) is 5.10 Å². The zero-order valence-corrected chi connectivity index (χ0v) is 19.1. The minimum Gasteiger partial charge on any atom is -0.466 e. The van der Waals surface area contributed by atoms with E-state index in [0.717, 1.165) is 50.5 Å². The Labute approximate surface area is 189 Å². The zero-order chi connectivity index (χ0) is 22.2. The number of hydrogen-bond donors (Lipinski definition) is 1. The number of amides is 1. The lowest BCUT2D eigenvalue weighted by atomic mass is 9.84. The summed E-state index contributed by atoms with van der Waals surface area (Å²) < 4.78 is 7.38. The van der Waals surface area contributed by atoms with Crippen LogP contribution in [0.1, 0.15) is 71.9 Å². The third-order valence-electron chi connectivity index (χ3n) is 7.70. The first-order chi connectivity index (χ1) is 15.5. The molecule has 0 saturated heterocycles. The van der Waals surface area contributed by atoms with Gasteiger partial charge in [-0.05, 0) is 76.2 Å². The second-order valence-electron chi connectivity index (χ2n) is 9.73. The lowest BCUT2D eigenvalue weighted by Crippen LogP contribution is -2.47. The number of nitrogens with zero attached hydrogens (tertiary/aromatic N) is 2. The van der Waals surface area contributed by atoms with Gasteiger partial charge in [0.25, 0.3) is 5.91 Å². The van der Waals surface area contributed by atoms with Crippen LogP contribution < -0.4 is 5.32 Å². The molecule has 2 aromatic rings. The summed E-state index contributed by atoms with van der Waals surface area (Å²) in [5, 5.41) is 8.04. The molecule has 4 unspecified atom stereocenters. The molecule has 0 spiro atoms. The quantitative estimate of drug-likeness (QED) is 0.700. The highest BCUT2D eigenvalue weighted by atomic mass is 16.5. The van der Waals surface area contributed by atoms with E-state index in [4.69, 9.17) is 9.84 Å². The second kappa shape index (κ2) is 8.72. The maximum atomic E-state index is 13.4. The number of carbonyl (C=O) groups is 2. The van der Waals surface area contributed by atoms with Crippen molar-refractivity contribution < 1.29 is 14.3 Å². The van der Waals surface area contributed by atoms with Crippen molar-refractivity contribution in [2.75, 3.05) is 6.61 Å². The lowest BCUT2D eigenvalue weighted by molar-refractivity contribution is -0.150. The van der Waals surface area contributed by atoms with E-state index in [1.54, 1.807) is 0 Å². The summed E-state index contributed by atoms with van der Waals surface area (Å²) in [5.41, 5.74) is 5.26. The predicted molar refractivity (Wildman–Crippen MR) is 121 cm³/mol. The van der Waals surface area contributed by atoms with E-state index in [-0.39, 0.29) is 23.8 Å². The predicted octanol–water partition coefficient (Wildman–Crippen LogP) is 3.83. The molecule has 1 aromatic heterocycles. The monoisotopic (exact) mass is 435 g/mol. The first-order valence-electron chi connectivity index (χ1n) is 12.2. The normalized spacial score (nSPS) is 26.1. The van der Waals surface area contributed by atoms with Crippen LogP contribution in [-0.2, 0) is 28.9 Å². The van der Waals surface area contributed by atoms with Crippen LogP contribution in [0.25, 0.3) is 0 Å². The molecule has 1 amide bonds. The Morgan fingerprint density at radius 1 is 1.12 bits per heavy atom. The molecule has 32 heavy (non-hydrogen) atoms. The summed E-state index contributed by atoms with van der Waals surface area (Å²) in [7, 11) is 0. The average molecular weight is 436 g/mol. The summed E-state index contributed by atoms with van der Waals surface area (Å²) in [6.07, 6.45) is 7.21. The molecule has 0 radical (unpaired) electrons. The maximum absolute atomic E-state index is 13.4. The average Bonchev–Trinajstić information content (AvgIpc) is 3.49. The van der Waals surface area contributed by atoms with E-state index in [0.29, 0.717) is 30.7 Å². The van der Waals surface area contributed by atoms with Crippen LogP contribution in [0, 0.1) is 24.7 Å². The Morgan fingerprint density at radius 2 is 1.88 bits per heavy atom. The molecule has 3 aliphatic carbocycles. The van der Waals surface area contributed by atoms with Crippen molar-refractivity contribution in [3.63, 3.8) is 0 Å². The van der Waals surface area contributed by atoms with Crippen molar-refractivity contribution >= 4 is 11.9 Å². The molecule has 170 valence electrons. The molecule has 0 aliphatic heterocycles. The molecule has 2 fully saturated rings. The Balaban J connectivity index is 1.39. The van der Waals surface area contributed by atoms with Crippen LogP contribution in [0.4, 0.5) is 0 Å². The van der Waals surface area contributed by atoms with Crippen molar-refractivity contribution in [2.24, 2.45) is 17.8 Å². The van der Waals surface area contributed by atoms with E-state index in [1.165, 1.54) is 16.8 Å². The fourth-order valence-corrected chi connectivity index (χ4v) is 6.15. The number of rotatable bonds is 6. The molecule has 1 N–H and O–H groups in total. The summed E-state index contributed by atoms with van der Waals surface area (Å²) in [6, 6.07) is 8.35. The summed E-state index contributed by atoms with van der Waals surface area (Å²) in [4.78, 5) is 26.1. The highest BCUT2D eigenvalue weighted by Crippen LogP contribution is 2.49. The van der Waals surface area contributed by atoms with Gasteiger partial charge in [0.2, 0.25) is 0 Å². The van der Waals surface area contributed by atoms with Crippen LogP contribution in [0.15, 0.2) is 24.3 Å². The molecule has 4 atom stereocenters. The SMILES string of the molecule is CCOC(=O)C1C2CCC(C2)C1NC(=O)c1nn(Cc2ccc(C)cc2)c2c1CCCC2. The largest absolute Gasteiger partial charge is 0.466 e. The van der Waals surface area contributed by atoms with E-state index in [1.807, 2.05) is 11.6 Å². The molecule has 2 bridgehead atoms. The number of carbonyl (C=O) groups excluding carboxylic acids is 2. The standard InChI is InChI=1S/C26H33N3O3/c1-3-32-26(31)22-18-12-13-19(14-18)23(22)27-25(30)24-20-6-4-5-7-21(20)29(28-24)15-17-10-8-16(2)9-11-17/h8-11,18-19,22-23H,3-7,12-15H2,1-2H3,(H,27,30). The Hall–Kier alpha value is -2.63. The number of ether oxygens (including phenoxy) is 1. The fraction of sp³-hybridized carbons (Fsp3) is 0.577. The third kappa shape index (κ3) is 3.84. The van der Waals surface area contributed by atoms with Crippen molar-refractivity contribution in [3.8, 4) is 0 Å². The Bertz CT molecular complexity index is 1010. The maximum Gasteiger partial charge on any atom is 0.311 e. The van der Waals surface area contributed by atoms with Gasteiger partial charge in [-0.1, -0.05) is 29.8 Å².